The fourth-order valence-corrected chi connectivity index (χ4v) is 3.90. The number of rotatable bonds is 7. The molecule has 4 rings (SSSR count). The summed E-state index contributed by atoms with van der Waals surface area (Å²) in [5.74, 6) is 2.18. The summed E-state index contributed by atoms with van der Waals surface area (Å²) in [6.45, 7) is 5.25. The number of nitrogens with zero attached hydrogens (tertiary/aromatic N) is 3. The molecule has 3 N–H and O–H groups in total. The molecule has 8 heteroatoms. The highest BCUT2D eigenvalue weighted by Gasteiger charge is 2.26. The van der Waals surface area contributed by atoms with Gasteiger partial charge in [-0.05, 0) is 68.6 Å². The predicted molar refractivity (Wildman–Crippen MR) is 115 cm³/mol. The zero-order chi connectivity index (χ0) is 20.9. The number of benzene rings is 1. The Morgan fingerprint density at radius 1 is 1.37 bits per heavy atom. The maximum Gasteiger partial charge on any atom is 0.259 e. The van der Waals surface area contributed by atoms with Crippen LogP contribution in [-0.2, 0) is 6.42 Å². The fraction of sp³-hybridized carbons (Fsp3) is 0.500. The van der Waals surface area contributed by atoms with Gasteiger partial charge in [0, 0.05) is 31.3 Å². The van der Waals surface area contributed by atoms with Crippen molar-refractivity contribution in [2.75, 3.05) is 43.0 Å². The molecule has 1 amide bonds. The van der Waals surface area contributed by atoms with E-state index in [2.05, 4.69) is 20.6 Å². The average molecular weight is 412 g/mol. The molecule has 1 fully saturated rings. The number of aliphatic hydroxyl groups is 1. The molecule has 2 aliphatic rings. The summed E-state index contributed by atoms with van der Waals surface area (Å²) in [6.07, 6.45) is 4.01. The topological polar surface area (TPSA) is 99.6 Å². The van der Waals surface area contributed by atoms with E-state index in [9.17, 15) is 9.90 Å². The van der Waals surface area contributed by atoms with Gasteiger partial charge >= 0.3 is 0 Å². The number of carbonyl (C=O) groups is 1. The van der Waals surface area contributed by atoms with Crippen LogP contribution in [0.5, 0.6) is 5.75 Å². The van der Waals surface area contributed by atoms with Gasteiger partial charge in [-0.2, -0.15) is 4.98 Å². The Morgan fingerprint density at radius 2 is 2.20 bits per heavy atom. The van der Waals surface area contributed by atoms with Crippen LogP contribution in [0, 0.1) is 5.92 Å². The first-order valence-corrected chi connectivity index (χ1v) is 10.6. The van der Waals surface area contributed by atoms with Gasteiger partial charge < -0.3 is 20.5 Å². The summed E-state index contributed by atoms with van der Waals surface area (Å²) in [6, 6.07) is 7.42. The molecule has 160 valence electrons. The first-order chi connectivity index (χ1) is 14.6. The summed E-state index contributed by atoms with van der Waals surface area (Å²) >= 11 is 0. The molecule has 0 radical (unpaired) electrons. The quantitative estimate of drug-likeness (QED) is 0.639. The lowest BCUT2D eigenvalue weighted by Crippen LogP contribution is -2.40. The van der Waals surface area contributed by atoms with E-state index in [0.29, 0.717) is 42.9 Å². The van der Waals surface area contributed by atoms with E-state index in [1.807, 2.05) is 18.2 Å². The molecule has 0 aliphatic carbocycles. The van der Waals surface area contributed by atoms with Crippen molar-refractivity contribution in [1.82, 2.24) is 15.3 Å². The van der Waals surface area contributed by atoms with Gasteiger partial charge in [0.05, 0.1) is 12.7 Å². The van der Waals surface area contributed by atoms with E-state index in [1.54, 1.807) is 24.1 Å². The lowest BCUT2D eigenvalue weighted by Gasteiger charge is -2.30. The minimum Gasteiger partial charge on any atom is -0.493 e. The maximum absolute atomic E-state index is 13.5. The second-order valence-electron chi connectivity index (χ2n) is 8.00. The van der Waals surface area contributed by atoms with Crippen molar-refractivity contribution in [2.24, 2.45) is 5.92 Å². The second-order valence-corrected chi connectivity index (χ2v) is 8.00. The zero-order valence-corrected chi connectivity index (χ0v) is 17.3. The molecule has 0 unspecified atom stereocenters. The lowest BCUT2D eigenvalue weighted by atomic mass is 9.97. The van der Waals surface area contributed by atoms with Crippen LogP contribution < -0.4 is 20.3 Å². The van der Waals surface area contributed by atoms with Crippen molar-refractivity contribution in [2.45, 2.75) is 32.3 Å². The first kappa shape index (κ1) is 20.6. The second kappa shape index (κ2) is 9.40. The Balaban J connectivity index is 1.60. The molecular weight excluding hydrogens is 382 g/mol. The third-order valence-corrected chi connectivity index (χ3v) is 5.55. The van der Waals surface area contributed by atoms with Gasteiger partial charge in [-0.3, -0.25) is 9.69 Å². The number of carbonyl (C=O) groups excluding carboxylic acids is 1. The number of hydrogen-bond donors (Lipinski definition) is 3. The summed E-state index contributed by atoms with van der Waals surface area (Å²) in [4.78, 5) is 24.1. The minimum absolute atomic E-state index is 0.0663. The van der Waals surface area contributed by atoms with Crippen LogP contribution in [-0.4, -0.2) is 59.9 Å². The monoisotopic (exact) mass is 411 g/mol. The van der Waals surface area contributed by atoms with E-state index in [0.717, 1.165) is 43.7 Å². The summed E-state index contributed by atoms with van der Waals surface area (Å²) in [5, 5.41) is 15.9. The number of aliphatic hydroxyl groups excluding tert-OH is 1. The van der Waals surface area contributed by atoms with Crippen molar-refractivity contribution in [3.8, 4) is 5.75 Å². The summed E-state index contributed by atoms with van der Waals surface area (Å²) < 4.78 is 5.58. The number of fused-ring (bicyclic) bond motifs is 1. The SMILES string of the molecule is C[C@H](O)CNc1nccc(N(CC2CCNCC2)C(=O)c2ccc3c(c2)CCO3)n1. The molecule has 2 aromatic rings. The van der Waals surface area contributed by atoms with Crippen LogP contribution in [0.1, 0.15) is 35.7 Å². The zero-order valence-electron chi connectivity index (χ0n) is 17.3. The Morgan fingerprint density at radius 3 is 3.00 bits per heavy atom. The van der Waals surface area contributed by atoms with Gasteiger partial charge in [-0.25, -0.2) is 4.98 Å². The number of ether oxygens (including phenoxy) is 1. The van der Waals surface area contributed by atoms with Crippen molar-refractivity contribution < 1.29 is 14.6 Å². The third kappa shape index (κ3) is 4.88. The maximum atomic E-state index is 13.5. The van der Waals surface area contributed by atoms with E-state index in [-0.39, 0.29) is 5.91 Å². The number of piperidine rings is 1. The Hall–Kier alpha value is -2.71. The molecule has 3 heterocycles. The number of amides is 1. The van der Waals surface area contributed by atoms with Gasteiger partial charge in [0.15, 0.2) is 0 Å². The molecule has 8 nitrogen and oxygen atoms in total. The van der Waals surface area contributed by atoms with E-state index in [1.165, 1.54) is 0 Å². The third-order valence-electron chi connectivity index (χ3n) is 5.55. The standard InChI is InChI=1S/C22H29N5O3/c1-15(28)13-25-22-24-10-6-20(26-22)27(14-16-4-8-23-9-5-16)21(29)18-2-3-19-17(12-18)7-11-30-19/h2-3,6,10,12,15-16,23,28H,4-5,7-9,11,13-14H2,1H3,(H,24,25,26)/t15-/m0/s1. The first-order valence-electron chi connectivity index (χ1n) is 10.6. The van der Waals surface area contributed by atoms with Crippen LogP contribution in [0.4, 0.5) is 11.8 Å². The Labute approximate surface area is 176 Å². The van der Waals surface area contributed by atoms with Crippen LogP contribution >= 0.6 is 0 Å². The molecule has 0 saturated carbocycles. The number of hydrogen-bond acceptors (Lipinski definition) is 7. The smallest absolute Gasteiger partial charge is 0.259 e. The molecule has 1 aromatic carbocycles. The van der Waals surface area contributed by atoms with Crippen LogP contribution in [0.3, 0.4) is 0 Å². The molecule has 1 saturated heterocycles. The summed E-state index contributed by atoms with van der Waals surface area (Å²) in [5.41, 5.74) is 1.72. The molecular formula is C22H29N5O3. The lowest BCUT2D eigenvalue weighted by molar-refractivity contribution is 0.0980. The fourth-order valence-electron chi connectivity index (χ4n) is 3.90. The highest BCUT2D eigenvalue weighted by molar-refractivity contribution is 6.05. The summed E-state index contributed by atoms with van der Waals surface area (Å²) in [7, 11) is 0. The highest BCUT2D eigenvalue weighted by atomic mass is 16.5. The van der Waals surface area contributed by atoms with Gasteiger partial charge in [0.25, 0.3) is 5.91 Å². The van der Waals surface area contributed by atoms with Crippen molar-refractivity contribution in [3.05, 3.63) is 41.6 Å². The van der Waals surface area contributed by atoms with Gasteiger partial charge in [0.1, 0.15) is 11.6 Å². The molecule has 30 heavy (non-hydrogen) atoms. The van der Waals surface area contributed by atoms with Gasteiger partial charge in [0.2, 0.25) is 5.95 Å². The largest absolute Gasteiger partial charge is 0.493 e. The number of nitrogens with one attached hydrogen (secondary N) is 2. The Bertz CT molecular complexity index is 883. The van der Waals surface area contributed by atoms with Gasteiger partial charge in [-0.1, -0.05) is 0 Å². The molecule has 2 aliphatic heterocycles. The normalized spacial score (nSPS) is 17.1. The average Bonchev–Trinajstić information content (AvgIpc) is 3.24. The number of anilines is 2. The number of aromatic nitrogens is 2. The van der Waals surface area contributed by atoms with Crippen molar-refractivity contribution in [1.29, 1.82) is 0 Å². The van der Waals surface area contributed by atoms with Crippen LogP contribution in [0.15, 0.2) is 30.5 Å². The predicted octanol–water partition coefficient (Wildman–Crippen LogP) is 1.85. The van der Waals surface area contributed by atoms with Gasteiger partial charge in [-0.15, -0.1) is 0 Å². The van der Waals surface area contributed by atoms with Crippen molar-refractivity contribution >= 4 is 17.7 Å². The van der Waals surface area contributed by atoms with E-state index < -0.39 is 6.10 Å². The highest BCUT2D eigenvalue weighted by Crippen LogP contribution is 2.28. The molecule has 0 spiro atoms. The minimum atomic E-state index is -0.515. The van der Waals surface area contributed by atoms with Crippen molar-refractivity contribution in [3.63, 3.8) is 0 Å². The molecule has 1 aromatic heterocycles. The van der Waals surface area contributed by atoms with Crippen LogP contribution in [0.2, 0.25) is 0 Å². The van der Waals surface area contributed by atoms with E-state index >= 15 is 0 Å². The van der Waals surface area contributed by atoms with Crippen LogP contribution in [0.25, 0.3) is 0 Å². The molecule has 0 bridgehead atoms. The Kier molecular flexibility index (Phi) is 6.44. The molecule has 1 atom stereocenters. The van der Waals surface area contributed by atoms with E-state index in [4.69, 9.17) is 4.74 Å².